The minimum atomic E-state index is -0.699. The summed E-state index contributed by atoms with van der Waals surface area (Å²) < 4.78 is 19.0. The molecule has 0 bridgehead atoms. The smallest absolute Gasteiger partial charge is 0.193 e. The summed E-state index contributed by atoms with van der Waals surface area (Å²) in [6.45, 7) is 4.04. The van der Waals surface area contributed by atoms with Gasteiger partial charge in [-0.25, -0.2) is 4.39 Å². The first-order valence-electron chi connectivity index (χ1n) is 8.21. The van der Waals surface area contributed by atoms with Crippen LogP contribution in [0.1, 0.15) is 13.3 Å². The van der Waals surface area contributed by atoms with Gasteiger partial charge in [0, 0.05) is 19.3 Å². The van der Waals surface area contributed by atoms with E-state index in [1.165, 1.54) is 6.07 Å². The topological polar surface area (TPSA) is 57.1 Å². The van der Waals surface area contributed by atoms with E-state index in [1.54, 1.807) is 30.0 Å². The van der Waals surface area contributed by atoms with Crippen molar-refractivity contribution >= 4 is 17.7 Å². The summed E-state index contributed by atoms with van der Waals surface area (Å²) in [6.07, 6.45) is 0.778. The number of rotatable bonds is 7. The highest BCUT2D eigenvalue weighted by Gasteiger charge is 2.31. The summed E-state index contributed by atoms with van der Waals surface area (Å²) in [5.41, 5.74) is -0.699. The first kappa shape index (κ1) is 18.9. The molecule has 1 heterocycles. The van der Waals surface area contributed by atoms with Crippen molar-refractivity contribution in [2.24, 2.45) is 4.99 Å². The standard InChI is InChI=1S/C17H26FN3O2S/c1-3-19-16(20-12-17(22)8-11-24-13-17)21(2)9-10-23-15-7-5-4-6-14(15)18/h4-7,22H,3,8-13H2,1-2H3,(H,19,20). The lowest BCUT2D eigenvalue weighted by Crippen LogP contribution is -2.42. The van der Waals surface area contributed by atoms with Crippen LogP contribution >= 0.6 is 11.8 Å². The summed E-state index contributed by atoms with van der Waals surface area (Å²) in [5.74, 6) is 2.33. The van der Waals surface area contributed by atoms with E-state index in [4.69, 9.17) is 4.74 Å². The minimum Gasteiger partial charge on any atom is -0.489 e. The lowest BCUT2D eigenvalue weighted by molar-refractivity contribution is 0.0776. The zero-order valence-electron chi connectivity index (χ0n) is 14.3. The summed E-state index contributed by atoms with van der Waals surface area (Å²) in [4.78, 5) is 6.48. The quantitative estimate of drug-likeness (QED) is 0.579. The second kappa shape index (κ2) is 9.13. The van der Waals surface area contributed by atoms with E-state index < -0.39 is 5.60 Å². The number of likely N-dealkylation sites (N-methyl/N-ethyl adjacent to an activating group) is 1. The Bertz CT molecular complexity index is 550. The molecule has 1 aromatic carbocycles. The van der Waals surface area contributed by atoms with Gasteiger partial charge in [0.2, 0.25) is 0 Å². The van der Waals surface area contributed by atoms with Crippen molar-refractivity contribution < 1.29 is 14.2 Å². The molecule has 2 N–H and O–H groups in total. The van der Waals surface area contributed by atoms with Gasteiger partial charge < -0.3 is 20.1 Å². The van der Waals surface area contributed by atoms with Crippen molar-refractivity contribution in [2.45, 2.75) is 18.9 Å². The molecule has 1 unspecified atom stereocenters. The Morgan fingerprint density at radius 3 is 2.96 bits per heavy atom. The third-order valence-corrected chi connectivity index (χ3v) is 5.06. The first-order valence-corrected chi connectivity index (χ1v) is 9.36. The van der Waals surface area contributed by atoms with Crippen LogP contribution in [0.15, 0.2) is 29.3 Å². The van der Waals surface area contributed by atoms with E-state index in [2.05, 4.69) is 10.3 Å². The number of nitrogens with one attached hydrogen (secondary N) is 1. The van der Waals surface area contributed by atoms with Crippen LogP contribution in [0.2, 0.25) is 0 Å². The molecule has 1 fully saturated rings. The van der Waals surface area contributed by atoms with Crippen LogP contribution in [-0.2, 0) is 0 Å². The maximum absolute atomic E-state index is 13.5. The minimum absolute atomic E-state index is 0.255. The third-order valence-electron chi connectivity index (χ3n) is 3.82. The van der Waals surface area contributed by atoms with Crippen LogP contribution in [0.25, 0.3) is 0 Å². The molecule has 0 radical (unpaired) electrons. The number of aliphatic hydroxyl groups is 1. The molecule has 0 saturated carbocycles. The van der Waals surface area contributed by atoms with Crippen LogP contribution in [0.4, 0.5) is 4.39 Å². The number of thioether (sulfide) groups is 1. The first-order chi connectivity index (χ1) is 11.5. The Hall–Kier alpha value is -1.47. The van der Waals surface area contributed by atoms with Gasteiger partial charge in [-0.05, 0) is 31.2 Å². The fourth-order valence-corrected chi connectivity index (χ4v) is 3.66. The van der Waals surface area contributed by atoms with Gasteiger partial charge >= 0.3 is 0 Å². The zero-order valence-corrected chi connectivity index (χ0v) is 15.1. The number of nitrogens with zero attached hydrogens (tertiary/aromatic N) is 2. The Morgan fingerprint density at radius 1 is 1.50 bits per heavy atom. The van der Waals surface area contributed by atoms with E-state index in [9.17, 15) is 9.50 Å². The van der Waals surface area contributed by atoms with Gasteiger partial charge in [0.25, 0.3) is 0 Å². The fraction of sp³-hybridized carbons (Fsp3) is 0.588. The van der Waals surface area contributed by atoms with Gasteiger partial charge in [-0.15, -0.1) is 0 Å². The van der Waals surface area contributed by atoms with E-state index >= 15 is 0 Å². The van der Waals surface area contributed by atoms with Gasteiger partial charge in [0.1, 0.15) is 6.61 Å². The Balaban J connectivity index is 1.86. The number of hydrogen-bond acceptors (Lipinski definition) is 4. The molecule has 2 rings (SSSR count). The van der Waals surface area contributed by atoms with Crippen LogP contribution in [0.5, 0.6) is 5.75 Å². The van der Waals surface area contributed by atoms with Gasteiger partial charge in [0.15, 0.2) is 17.5 Å². The molecular weight excluding hydrogens is 329 g/mol. The van der Waals surface area contributed by atoms with Crippen LogP contribution in [0, 0.1) is 5.82 Å². The maximum Gasteiger partial charge on any atom is 0.193 e. The number of hydrogen-bond donors (Lipinski definition) is 2. The number of guanidine groups is 1. The highest BCUT2D eigenvalue weighted by atomic mass is 32.2. The Labute approximate surface area is 147 Å². The normalized spacial score (nSPS) is 20.9. The molecule has 0 aromatic heterocycles. The molecule has 1 aliphatic heterocycles. The number of ether oxygens (including phenoxy) is 1. The maximum atomic E-state index is 13.5. The van der Waals surface area contributed by atoms with Crippen molar-refractivity contribution in [2.75, 3.05) is 44.8 Å². The SMILES string of the molecule is CCNC(=NCC1(O)CCSC1)N(C)CCOc1ccccc1F. The zero-order chi connectivity index (χ0) is 17.4. The van der Waals surface area contributed by atoms with E-state index in [1.807, 2.05) is 18.9 Å². The van der Waals surface area contributed by atoms with Crippen molar-refractivity contribution in [3.8, 4) is 5.75 Å². The Kier molecular flexibility index (Phi) is 7.17. The largest absolute Gasteiger partial charge is 0.489 e. The molecule has 1 saturated heterocycles. The molecule has 0 spiro atoms. The Morgan fingerprint density at radius 2 is 2.29 bits per heavy atom. The molecule has 0 aliphatic carbocycles. The van der Waals surface area contributed by atoms with Crippen LogP contribution in [-0.4, -0.2) is 66.4 Å². The molecule has 5 nitrogen and oxygen atoms in total. The highest BCUT2D eigenvalue weighted by Crippen LogP contribution is 2.27. The van der Waals surface area contributed by atoms with Crippen molar-refractivity contribution in [3.63, 3.8) is 0 Å². The molecule has 1 aliphatic rings. The van der Waals surface area contributed by atoms with Crippen molar-refractivity contribution in [1.29, 1.82) is 0 Å². The molecule has 24 heavy (non-hydrogen) atoms. The summed E-state index contributed by atoms with van der Waals surface area (Å²) in [7, 11) is 1.90. The third kappa shape index (κ3) is 5.56. The van der Waals surface area contributed by atoms with Gasteiger partial charge in [-0.1, -0.05) is 12.1 Å². The molecule has 1 aromatic rings. The van der Waals surface area contributed by atoms with E-state index in [-0.39, 0.29) is 11.6 Å². The highest BCUT2D eigenvalue weighted by molar-refractivity contribution is 7.99. The summed E-state index contributed by atoms with van der Waals surface area (Å²) >= 11 is 1.76. The molecule has 7 heteroatoms. The molecule has 1 atom stereocenters. The summed E-state index contributed by atoms with van der Waals surface area (Å²) in [6, 6.07) is 6.37. The van der Waals surface area contributed by atoms with Crippen LogP contribution < -0.4 is 10.1 Å². The molecule has 0 amide bonds. The monoisotopic (exact) mass is 355 g/mol. The number of para-hydroxylation sites is 1. The van der Waals surface area contributed by atoms with Crippen molar-refractivity contribution in [3.05, 3.63) is 30.1 Å². The fourth-order valence-electron chi connectivity index (χ4n) is 2.37. The average Bonchev–Trinajstić information content (AvgIpc) is 3.00. The van der Waals surface area contributed by atoms with Gasteiger partial charge in [0.05, 0.1) is 18.7 Å². The predicted molar refractivity (Wildman–Crippen MR) is 97.4 cm³/mol. The number of aliphatic imine (C=N–C) groups is 1. The van der Waals surface area contributed by atoms with Gasteiger partial charge in [-0.3, -0.25) is 4.99 Å². The van der Waals surface area contributed by atoms with Gasteiger partial charge in [-0.2, -0.15) is 11.8 Å². The average molecular weight is 355 g/mol. The lowest BCUT2D eigenvalue weighted by Gasteiger charge is -2.24. The summed E-state index contributed by atoms with van der Waals surface area (Å²) in [5, 5.41) is 13.6. The second-order valence-corrected chi connectivity index (χ2v) is 7.00. The van der Waals surface area contributed by atoms with E-state index in [0.717, 1.165) is 30.4 Å². The van der Waals surface area contributed by atoms with E-state index in [0.29, 0.717) is 19.7 Å². The number of halogens is 1. The van der Waals surface area contributed by atoms with Crippen molar-refractivity contribution in [1.82, 2.24) is 10.2 Å². The second-order valence-electron chi connectivity index (χ2n) is 5.90. The number of benzene rings is 1. The molecule has 134 valence electrons. The lowest BCUT2D eigenvalue weighted by atomic mass is 10.1. The predicted octanol–water partition coefficient (Wildman–Crippen LogP) is 1.97. The molecular formula is C17H26FN3O2S. The van der Waals surface area contributed by atoms with Crippen LogP contribution in [0.3, 0.4) is 0 Å².